The number of amides is 1. The highest BCUT2D eigenvalue weighted by Crippen LogP contribution is 2.23. The topological polar surface area (TPSA) is 38.1 Å². The zero-order valence-electron chi connectivity index (χ0n) is 10.8. The second-order valence-corrected chi connectivity index (χ2v) is 5.51. The second-order valence-electron chi connectivity index (χ2n) is 5.51. The number of hydrogen-bond acceptors (Lipinski definition) is 2. The molecule has 0 radical (unpaired) electrons. The summed E-state index contributed by atoms with van der Waals surface area (Å²) in [6.45, 7) is 2.88. The van der Waals surface area contributed by atoms with Crippen LogP contribution in [0, 0.1) is 5.92 Å². The average molecular weight is 247 g/mol. The van der Waals surface area contributed by atoms with Crippen molar-refractivity contribution in [3.8, 4) is 0 Å². The summed E-state index contributed by atoms with van der Waals surface area (Å²) in [6, 6.07) is 0. The van der Waals surface area contributed by atoms with Crippen molar-refractivity contribution in [2.75, 3.05) is 13.1 Å². The molecule has 98 valence electrons. The lowest BCUT2D eigenvalue weighted by atomic mass is 9.94. The molecule has 0 aromatic carbocycles. The van der Waals surface area contributed by atoms with E-state index in [1.807, 2.05) is 12.5 Å². The van der Waals surface area contributed by atoms with Crippen LogP contribution in [0.1, 0.15) is 37.8 Å². The largest absolute Gasteiger partial charge is 0.342 e. The van der Waals surface area contributed by atoms with Crippen LogP contribution in [0.3, 0.4) is 0 Å². The van der Waals surface area contributed by atoms with Crippen LogP contribution in [-0.4, -0.2) is 33.4 Å². The van der Waals surface area contributed by atoms with Crippen molar-refractivity contribution in [3.05, 3.63) is 18.2 Å². The lowest BCUT2D eigenvalue weighted by Gasteiger charge is -2.29. The molecule has 0 bridgehead atoms. The minimum Gasteiger partial charge on any atom is -0.342 e. The van der Waals surface area contributed by atoms with Crippen LogP contribution < -0.4 is 0 Å². The quantitative estimate of drug-likeness (QED) is 0.759. The van der Waals surface area contributed by atoms with Gasteiger partial charge in [0.2, 0.25) is 5.91 Å². The molecule has 3 heterocycles. The van der Waals surface area contributed by atoms with Crippen molar-refractivity contribution in [1.82, 2.24) is 14.5 Å². The predicted octanol–water partition coefficient (Wildman–Crippen LogP) is 1.85. The fourth-order valence-electron chi connectivity index (χ4n) is 3.13. The highest BCUT2D eigenvalue weighted by Gasteiger charge is 2.28. The molecule has 1 saturated heterocycles. The van der Waals surface area contributed by atoms with Crippen LogP contribution in [0.15, 0.2) is 12.5 Å². The zero-order valence-corrected chi connectivity index (χ0v) is 10.8. The molecule has 4 nitrogen and oxygen atoms in total. The summed E-state index contributed by atoms with van der Waals surface area (Å²) in [7, 11) is 0. The molecule has 0 N–H and O–H groups in total. The van der Waals surface area contributed by atoms with E-state index in [9.17, 15) is 4.79 Å². The normalized spacial score (nSPS) is 24.4. The first-order valence-corrected chi connectivity index (χ1v) is 7.12. The maximum Gasteiger partial charge on any atom is 0.226 e. The first kappa shape index (κ1) is 11.8. The molecule has 18 heavy (non-hydrogen) atoms. The van der Waals surface area contributed by atoms with Gasteiger partial charge in [0.05, 0.1) is 6.33 Å². The van der Waals surface area contributed by atoms with Gasteiger partial charge in [0.25, 0.3) is 0 Å². The standard InChI is InChI=1S/C14H21N3O/c18-14(16-6-3-1-2-4-7-16)12-5-8-17-11-15-10-13(17)9-12/h10-12H,1-9H2. The molecule has 0 aliphatic carbocycles. The lowest BCUT2D eigenvalue weighted by molar-refractivity contribution is -0.136. The van der Waals surface area contributed by atoms with E-state index in [0.29, 0.717) is 5.91 Å². The molecule has 1 aromatic heterocycles. The van der Waals surface area contributed by atoms with E-state index in [0.717, 1.165) is 32.5 Å². The molecule has 1 atom stereocenters. The van der Waals surface area contributed by atoms with E-state index in [1.165, 1.54) is 31.4 Å². The van der Waals surface area contributed by atoms with E-state index in [2.05, 4.69) is 14.5 Å². The number of nitrogens with zero attached hydrogens (tertiary/aromatic N) is 3. The Hall–Kier alpha value is -1.32. The third kappa shape index (κ3) is 2.28. The first-order valence-electron chi connectivity index (χ1n) is 7.12. The van der Waals surface area contributed by atoms with Gasteiger partial charge in [-0.05, 0) is 19.3 Å². The van der Waals surface area contributed by atoms with Crippen molar-refractivity contribution >= 4 is 5.91 Å². The summed E-state index contributed by atoms with van der Waals surface area (Å²) in [4.78, 5) is 18.8. The Morgan fingerprint density at radius 2 is 1.94 bits per heavy atom. The minimum atomic E-state index is 0.187. The van der Waals surface area contributed by atoms with Crippen LogP contribution >= 0.6 is 0 Å². The number of aryl methyl sites for hydroxylation is 1. The molecular formula is C14H21N3O. The van der Waals surface area contributed by atoms with Crippen molar-refractivity contribution in [2.45, 2.75) is 45.1 Å². The monoisotopic (exact) mass is 247 g/mol. The van der Waals surface area contributed by atoms with Crippen LogP contribution in [0.4, 0.5) is 0 Å². The number of aromatic nitrogens is 2. The fourth-order valence-corrected chi connectivity index (χ4v) is 3.13. The molecular weight excluding hydrogens is 226 g/mol. The molecule has 0 saturated carbocycles. The van der Waals surface area contributed by atoms with Crippen molar-refractivity contribution in [3.63, 3.8) is 0 Å². The third-order valence-electron chi connectivity index (χ3n) is 4.24. The van der Waals surface area contributed by atoms with E-state index in [-0.39, 0.29) is 5.92 Å². The van der Waals surface area contributed by atoms with Gasteiger partial charge in [0.15, 0.2) is 0 Å². The molecule has 4 heteroatoms. The number of hydrogen-bond donors (Lipinski definition) is 0. The fraction of sp³-hybridized carbons (Fsp3) is 0.714. The number of fused-ring (bicyclic) bond motifs is 1. The summed E-state index contributed by atoms with van der Waals surface area (Å²) >= 11 is 0. The second kappa shape index (κ2) is 5.12. The van der Waals surface area contributed by atoms with Crippen LogP contribution in [0.25, 0.3) is 0 Å². The summed E-state index contributed by atoms with van der Waals surface area (Å²) in [5.41, 5.74) is 1.22. The van der Waals surface area contributed by atoms with Gasteiger partial charge in [-0.3, -0.25) is 4.79 Å². The molecule has 1 unspecified atom stereocenters. The first-order chi connectivity index (χ1) is 8.84. The molecule has 2 aliphatic rings. The van der Waals surface area contributed by atoms with Gasteiger partial charge in [-0.1, -0.05) is 12.8 Å². The van der Waals surface area contributed by atoms with E-state index < -0.39 is 0 Å². The highest BCUT2D eigenvalue weighted by atomic mass is 16.2. The molecule has 1 fully saturated rings. The summed E-state index contributed by atoms with van der Waals surface area (Å²) in [5.74, 6) is 0.566. The molecule has 1 amide bonds. The third-order valence-corrected chi connectivity index (χ3v) is 4.24. The number of imidazole rings is 1. The van der Waals surface area contributed by atoms with E-state index in [1.54, 1.807) is 0 Å². The Balaban J connectivity index is 1.66. The van der Waals surface area contributed by atoms with Gasteiger partial charge >= 0.3 is 0 Å². The number of likely N-dealkylation sites (tertiary alicyclic amines) is 1. The number of carbonyl (C=O) groups is 1. The van der Waals surface area contributed by atoms with Gasteiger partial charge in [-0.25, -0.2) is 4.98 Å². The Kier molecular flexibility index (Phi) is 3.35. The van der Waals surface area contributed by atoms with Gasteiger partial charge in [-0.15, -0.1) is 0 Å². The zero-order chi connectivity index (χ0) is 12.4. The molecule has 1 aromatic rings. The van der Waals surface area contributed by atoms with Crippen molar-refractivity contribution in [1.29, 1.82) is 0 Å². The number of rotatable bonds is 1. The maximum absolute atomic E-state index is 12.5. The van der Waals surface area contributed by atoms with E-state index >= 15 is 0 Å². The SMILES string of the molecule is O=C(C1CCn2cncc2C1)N1CCCCCC1. The molecule has 0 spiro atoms. The Bertz CT molecular complexity index is 418. The van der Waals surface area contributed by atoms with Crippen molar-refractivity contribution in [2.24, 2.45) is 5.92 Å². The smallest absolute Gasteiger partial charge is 0.226 e. The van der Waals surface area contributed by atoms with Crippen molar-refractivity contribution < 1.29 is 4.79 Å². The van der Waals surface area contributed by atoms with Gasteiger partial charge in [0.1, 0.15) is 0 Å². The Labute approximate surface area is 108 Å². The van der Waals surface area contributed by atoms with Crippen LogP contribution in [-0.2, 0) is 17.8 Å². The Morgan fingerprint density at radius 3 is 2.72 bits per heavy atom. The van der Waals surface area contributed by atoms with Gasteiger partial charge in [-0.2, -0.15) is 0 Å². The summed E-state index contributed by atoms with van der Waals surface area (Å²) in [5, 5.41) is 0. The summed E-state index contributed by atoms with van der Waals surface area (Å²) < 4.78 is 2.17. The Morgan fingerprint density at radius 1 is 1.17 bits per heavy atom. The molecule has 2 aliphatic heterocycles. The lowest BCUT2D eigenvalue weighted by Crippen LogP contribution is -2.39. The highest BCUT2D eigenvalue weighted by molar-refractivity contribution is 5.79. The predicted molar refractivity (Wildman–Crippen MR) is 69.1 cm³/mol. The summed E-state index contributed by atoms with van der Waals surface area (Å²) in [6.07, 6.45) is 10.5. The van der Waals surface area contributed by atoms with Gasteiger partial charge < -0.3 is 9.47 Å². The average Bonchev–Trinajstić information content (AvgIpc) is 2.69. The van der Waals surface area contributed by atoms with E-state index in [4.69, 9.17) is 0 Å². The van der Waals surface area contributed by atoms with Gasteiger partial charge in [0, 0.05) is 43.9 Å². The van der Waals surface area contributed by atoms with Crippen LogP contribution in [0.2, 0.25) is 0 Å². The molecule has 3 rings (SSSR count). The van der Waals surface area contributed by atoms with Crippen LogP contribution in [0.5, 0.6) is 0 Å². The maximum atomic E-state index is 12.5. The number of carbonyl (C=O) groups excluding carboxylic acids is 1. The minimum absolute atomic E-state index is 0.187.